The van der Waals surface area contributed by atoms with Gasteiger partial charge in [-0.3, -0.25) is 14.9 Å². The first-order valence-corrected chi connectivity index (χ1v) is 9.26. The van der Waals surface area contributed by atoms with Gasteiger partial charge in [0.2, 0.25) is 0 Å². The maximum absolute atomic E-state index is 12.2. The molecule has 142 valence electrons. The highest BCUT2D eigenvalue weighted by Crippen LogP contribution is 2.37. The SMILES string of the molecule is O=C(CCCN1CCC(O)(c2ccccc2[N+](=O)[O-])CC1)c1ccccc1. The molecule has 0 spiro atoms. The van der Waals surface area contributed by atoms with E-state index in [2.05, 4.69) is 4.90 Å². The van der Waals surface area contributed by atoms with E-state index >= 15 is 0 Å². The lowest BCUT2D eigenvalue weighted by atomic mass is 9.83. The maximum Gasteiger partial charge on any atom is 0.275 e. The zero-order valence-corrected chi connectivity index (χ0v) is 15.2. The lowest BCUT2D eigenvalue weighted by Crippen LogP contribution is -2.43. The minimum absolute atomic E-state index is 0.0260. The summed E-state index contributed by atoms with van der Waals surface area (Å²) in [5.41, 5.74) is -0.0576. The number of carbonyl (C=O) groups is 1. The number of Topliss-reactive ketones (excluding diaryl/α,β-unsaturated/α-hetero) is 1. The van der Waals surface area contributed by atoms with E-state index in [1.165, 1.54) is 6.07 Å². The normalized spacial score (nSPS) is 16.8. The summed E-state index contributed by atoms with van der Waals surface area (Å²) in [5, 5.41) is 22.2. The van der Waals surface area contributed by atoms with Gasteiger partial charge in [0, 0.05) is 31.1 Å². The summed E-state index contributed by atoms with van der Waals surface area (Å²) >= 11 is 0. The van der Waals surface area contributed by atoms with E-state index in [1.807, 2.05) is 30.3 Å². The molecule has 1 aliphatic rings. The smallest absolute Gasteiger partial charge is 0.275 e. The summed E-state index contributed by atoms with van der Waals surface area (Å²) in [6, 6.07) is 15.7. The van der Waals surface area contributed by atoms with Crippen molar-refractivity contribution >= 4 is 11.5 Å². The van der Waals surface area contributed by atoms with Crippen molar-refractivity contribution in [2.24, 2.45) is 0 Å². The Bertz CT molecular complexity index is 799. The number of benzene rings is 2. The number of nitro groups is 1. The lowest BCUT2D eigenvalue weighted by Gasteiger charge is -2.38. The Morgan fingerprint density at radius 1 is 1.07 bits per heavy atom. The topological polar surface area (TPSA) is 83.7 Å². The number of para-hydroxylation sites is 1. The molecule has 0 aliphatic carbocycles. The van der Waals surface area contributed by atoms with Gasteiger partial charge in [-0.05, 0) is 31.9 Å². The Morgan fingerprint density at radius 2 is 1.70 bits per heavy atom. The van der Waals surface area contributed by atoms with Crippen LogP contribution in [0.15, 0.2) is 54.6 Å². The first-order chi connectivity index (χ1) is 13.0. The van der Waals surface area contributed by atoms with Gasteiger partial charge in [-0.15, -0.1) is 0 Å². The highest BCUT2D eigenvalue weighted by molar-refractivity contribution is 5.95. The minimum Gasteiger partial charge on any atom is -0.385 e. The fourth-order valence-corrected chi connectivity index (χ4v) is 3.67. The van der Waals surface area contributed by atoms with E-state index in [0.717, 1.165) is 18.5 Å². The van der Waals surface area contributed by atoms with Crippen LogP contribution in [-0.2, 0) is 5.60 Å². The van der Waals surface area contributed by atoms with Crippen molar-refractivity contribution in [2.45, 2.75) is 31.3 Å². The second kappa shape index (κ2) is 8.41. The quantitative estimate of drug-likeness (QED) is 0.459. The van der Waals surface area contributed by atoms with Crippen molar-refractivity contribution in [1.29, 1.82) is 0 Å². The van der Waals surface area contributed by atoms with Crippen molar-refractivity contribution in [3.8, 4) is 0 Å². The first-order valence-electron chi connectivity index (χ1n) is 9.26. The zero-order chi connectivity index (χ0) is 19.3. The van der Waals surface area contributed by atoms with E-state index in [-0.39, 0.29) is 11.5 Å². The molecule has 0 saturated carbocycles. The third-order valence-corrected chi connectivity index (χ3v) is 5.26. The molecule has 0 bridgehead atoms. The van der Waals surface area contributed by atoms with Crippen LogP contribution in [0.1, 0.15) is 41.6 Å². The molecule has 3 rings (SSSR count). The summed E-state index contributed by atoms with van der Waals surface area (Å²) in [4.78, 5) is 25.2. The van der Waals surface area contributed by atoms with E-state index in [1.54, 1.807) is 18.2 Å². The Labute approximate surface area is 158 Å². The van der Waals surface area contributed by atoms with Crippen LogP contribution in [0, 0.1) is 10.1 Å². The third kappa shape index (κ3) is 4.59. The van der Waals surface area contributed by atoms with Gasteiger partial charge in [-0.2, -0.15) is 0 Å². The lowest BCUT2D eigenvalue weighted by molar-refractivity contribution is -0.386. The van der Waals surface area contributed by atoms with E-state index in [9.17, 15) is 20.0 Å². The number of nitrogens with zero attached hydrogens (tertiary/aromatic N) is 2. The van der Waals surface area contributed by atoms with Gasteiger partial charge >= 0.3 is 0 Å². The molecule has 1 saturated heterocycles. The molecule has 1 aliphatic heterocycles. The Kier molecular flexibility index (Phi) is 5.98. The van der Waals surface area contributed by atoms with Crippen molar-refractivity contribution in [3.63, 3.8) is 0 Å². The number of aliphatic hydroxyl groups is 1. The molecule has 2 aromatic rings. The third-order valence-electron chi connectivity index (χ3n) is 5.26. The largest absolute Gasteiger partial charge is 0.385 e. The second-order valence-electron chi connectivity index (χ2n) is 7.04. The van der Waals surface area contributed by atoms with Crippen LogP contribution in [0.4, 0.5) is 5.69 Å². The fourth-order valence-electron chi connectivity index (χ4n) is 3.67. The Balaban J connectivity index is 1.52. The number of hydrogen-bond acceptors (Lipinski definition) is 5. The molecular weight excluding hydrogens is 344 g/mol. The highest BCUT2D eigenvalue weighted by atomic mass is 16.6. The zero-order valence-electron chi connectivity index (χ0n) is 15.2. The van der Waals surface area contributed by atoms with Crippen LogP contribution in [0.2, 0.25) is 0 Å². The van der Waals surface area contributed by atoms with E-state index in [4.69, 9.17) is 0 Å². The number of nitro benzene ring substituents is 1. The second-order valence-corrected chi connectivity index (χ2v) is 7.04. The average Bonchev–Trinajstić information content (AvgIpc) is 2.70. The van der Waals surface area contributed by atoms with Gasteiger partial charge in [0.25, 0.3) is 5.69 Å². The molecule has 0 atom stereocenters. The van der Waals surface area contributed by atoms with Gasteiger partial charge in [0.1, 0.15) is 0 Å². The fraction of sp³-hybridized carbons (Fsp3) is 0.381. The van der Waals surface area contributed by atoms with Crippen LogP contribution < -0.4 is 0 Å². The summed E-state index contributed by atoms with van der Waals surface area (Å²) in [5.74, 6) is 0.143. The summed E-state index contributed by atoms with van der Waals surface area (Å²) in [6.45, 7) is 2.09. The predicted octanol–water partition coefficient (Wildman–Crippen LogP) is 3.54. The number of hydrogen-bond donors (Lipinski definition) is 1. The molecule has 27 heavy (non-hydrogen) atoms. The first kappa shape index (κ1) is 19.2. The van der Waals surface area contributed by atoms with Crippen molar-refractivity contribution < 1.29 is 14.8 Å². The van der Waals surface area contributed by atoms with Crippen LogP contribution in [0.3, 0.4) is 0 Å². The van der Waals surface area contributed by atoms with Crippen LogP contribution in [0.25, 0.3) is 0 Å². The van der Waals surface area contributed by atoms with Gasteiger partial charge in [0.15, 0.2) is 5.78 Å². The molecule has 1 heterocycles. The predicted molar refractivity (Wildman–Crippen MR) is 103 cm³/mol. The number of piperidine rings is 1. The Morgan fingerprint density at radius 3 is 2.37 bits per heavy atom. The summed E-state index contributed by atoms with van der Waals surface area (Å²) in [7, 11) is 0. The molecule has 0 radical (unpaired) electrons. The van der Waals surface area contributed by atoms with Crippen LogP contribution >= 0.6 is 0 Å². The van der Waals surface area contributed by atoms with Gasteiger partial charge in [0.05, 0.1) is 16.1 Å². The molecule has 6 nitrogen and oxygen atoms in total. The number of carbonyl (C=O) groups excluding carboxylic acids is 1. The summed E-state index contributed by atoms with van der Waals surface area (Å²) < 4.78 is 0. The van der Waals surface area contributed by atoms with E-state index < -0.39 is 10.5 Å². The Hall–Kier alpha value is -2.57. The average molecular weight is 368 g/mol. The van der Waals surface area contributed by atoms with Crippen molar-refractivity contribution in [2.75, 3.05) is 19.6 Å². The monoisotopic (exact) mass is 368 g/mol. The van der Waals surface area contributed by atoms with Crippen LogP contribution in [0.5, 0.6) is 0 Å². The van der Waals surface area contributed by atoms with E-state index in [0.29, 0.717) is 37.9 Å². The summed E-state index contributed by atoms with van der Waals surface area (Å²) in [6.07, 6.45) is 2.15. The van der Waals surface area contributed by atoms with Crippen molar-refractivity contribution in [1.82, 2.24) is 4.90 Å². The number of rotatable bonds is 7. The van der Waals surface area contributed by atoms with Crippen molar-refractivity contribution in [3.05, 3.63) is 75.8 Å². The van der Waals surface area contributed by atoms with Gasteiger partial charge < -0.3 is 10.0 Å². The molecule has 0 unspecified atom stereocenters. The highest BCUT2D eigenvalue weighted by Gasteiger charge is 2.38. The maximum atomic E-state index is 12.2. The molecular formula is C21H24N2O4. The molecule has 0 aromatic heterocycles. The molecule has 1 N–H and O–H groups in total. The number of ketones is 1. The van der Waals surface area contributed by atoms with Gasteiger partial charge in [-0.1, -0.05) is 42.5 Å². The molecule has 1 fully saturated rings. The molecule has 0 amide bonds. The van der Waals surface area contributed by atoms with Gasteiger partial charge in [-0.25, -0.2) is 0 Å². The minimum atomic E-state index is -1.17. The molecule has 2 aromatic carbocycles. The number of likely N-dealkylation sites (tertiary alicyclic amines) is 1. The standard InChI is InChI=1S/C21H24N2O4/c24-20(17-7-2-1-3-8-17)11-6-14-22-15-12-21(25,13-16-22)18-9-4-5-10-19(18)23(26)27/h1-5,7-10,25H,6,11-16H2. The van der Waals surface area contributed by atoms with Crippen LogP contribution in [-0.4, -0.2) is 40.3 Å². The molecule has 6 heteroatoms.